The molecular weight excluding hydrogens is 260 g/mol. The van der Waals surface area contributed by atoms with E-state index in [1.54, 1.807) is 6.26 Å². The summed E-state index contributed by atoms with van der Waals surface area (Å²) in [5, 5.41) is 1.94. The first kappa shape index (κ1) is 12.4. The lowest BCUT2D eigenvalue weighted by Gasteiger charge is -2.34. The smallest absolute Gasteiger partial charge is 0.264 e. The van der Waals surface area contributed by atoms with E-state index in [2.05, 4.69) is 4.90 Å². The van der Waals surface area contributed by atoms with Gasteiger partial charge in [-0.05, 0) is 23.6 Å². The Kier molecular flexibility index (Phi) is 3.66. The first-order valence-corrected chi connectivity index (χ1v) is 7.28. The van der Waals surface area contributed by atoms with E-state index >= 15 is 0 Å². The number of carbonyl (C=O) groups excluding carboxylic acids is 1. The number of hydrogen-bond acceptors (Lipinski definition) is 4. The molecule has 0 bridgehead atoms. The highest BCUT2D eigenvalue weighted by Crippen LogP contribution is 2.15. The van der Waals surface area contributed by atoms with Crippen LogP contribution in [0, 0.1) is 0 Å². The monoisotopic (exact) mass is 276 g/mol. The van der Waals surface area contributed by atoms with Crippen molar-refractivity contribution < 1.29 is 9.21 Å². The zero-order valence-corrected chi connectivity index (χ0v) is 11.4. The normalized spacial score (nSPS) is 16.7. The minimum absolute atomic E-state index is 0.160. The van der Waals surface area contributed by atoms with Crippen LogP contribution in [-0.2, 0) is 6.54 Å². The van der Waals surface area contributed by atoms with Crippen molar-refractivity contribution in [2.45, 2.75) is 6.54 Å². The van der Waals surface area contributed by atoms with Crippen molar-refractivity contribution in [1.29, 1.82) is 0 Å². The molecule has 2 aromatic heterocycles. The van der Waals surface area contributed by atoms with E-state index in [4.69, 9.17) is 4.42 Å². The van der Waals surface area contributed by atoms with Gasteiger partial charge in [-0.2, -0.15) is 0 Å². The van der Waals surface area contributed by atoms with Gasteiger partial charge in [-0.1, -0.05) is 6.07 Å². The molecule has 3 rings (SSSR count). The SMILES string of the molecule is O=C(c1cccs1)N1CCN(Cc2ccco2)CC1. The van der Waals surface area contributed by atoms with Gasteiger partial charge < -0.3 is 9.32 Å². The van der Waals surface area contributed by atoms with Crippen molar-refractivity contribution >= 4 is 17.2 Å². The lowest BCUT2D eigenvalue weighted by atomic mass is 10.2. The van der Waals surface area contributed by atoms with Gasteiger partial charge in [-0.3, -0.25) is 9.69 Å². The van der Waals surface area contributed by atoms with Gasteiger partial charge in [-0.25, -0.2) is 0 Å². The predicted molar refractivity (Wildman–Crippen MR) is 74.2 cm³/mol. The van der Waals surface area contributed by atoms with Crippen molar-refractivity contribution in [2.75, 3.05) is 26.2 Å². The van der Waals surface area contributed by atoms with Crippen LogP contribution in [-0.4, -0.2) is 41.9 Å². The first-order chi connectivity index (χ1) is 9.33. The Hall–Kier alpha value is -1.59. The molecule has 19 heavy (non-hydrogen) atoms. The number of amides is 1. The Bertz CT molecular complexity index is 514. The third kappa shape index (κ3) is 2.88. The molecule has 0 saturated carbocycles. The molecule has 0 aromatic carbocycles. The highest BCUT2D eigenvalue weighted by molar-refractivity contribution is 7.12. The van der Waals surface area contributed by atoms with Crippen LogP contribution in [0.4, 0.5) is 0 Å². The summed E-state index contributed by atoms with van der Waals surface area (Å²) in [6.45, 7) is 4.21. The highest BCUT2D eigenvalue weighted by Gasteiger charge is 2.22. The van der Waals surface area contributed by atoms with Crippen LogP contribution < -0.4 is 0 Å². The zero-order valence-electron chi connectivity index (χ0n) is 10.6. The molecule has 2 aromatic rings. The molecule has 0 atom stereocenters. The Labute approximate surface area is 116 Å². The van der Waals surface area contributed by atoms with Crippen LogP contribution in [0.25, 0.3) is 0 Å². The van der Waals surface area contributed by atoms with Crippen LogP contribution in [0.2, 0.25) is 0 Å². The Balaban J connectivity index is 1.53. The largest absolute Gasteiger partial charge is 0.468 e. The Morgan fingerprint density at radius 3 is 2.68 bits per heavy atom. The third-order valence-electron chi connectivity index (χ3n) is 3.35. The highest BCUT2D eigenvalue weighted by atomic mass is 32.1. The van der Waals surface area contributed by atoms with Gasteiger partial charge in [0.05, 0.1) is 17.7 Å². The Morgan fingerprint density at radius 1 is 1.21 bits per heavy atom. The summed E-state index contributed by atoms with van der Waals surface area (Å²) < 4.78 is 5.35. The number of thiophene rings is 1. The quantitative estimate of drug-likeness (QED) is 0.863. The van der Waals surface area contributed by atoms with Gasteiger partial charge in [0.1, 0.15) is 5.76 Å². The van der Waals surface area contributed by atoms with Crippen molar-refractivity contribution in [3.8, 4) is 0 Å². The number of hydrogen-bond donors (Lipinski definition) is 0. The van der Waals surface area contributed by atoms with Gasteiger partial charge in [0.15, 0.2) is 0 Å². The van der Waals surface area contributed by atoms with Gasteiger partial charge in [0, 0.05) is 26.2 Å². The van der Waals surface area contributed by atoms with E-state index in [1.165, 1.54) is 11.3 Å². The summed E-state index contributed by atoms with van der Waals surface area (Å²) in [4.78, 5) is 17.3. The molecule has 4 nitrogen and oxygen atoms in total. The van der Waals surface area contributed by atoms with E-state index < -0.39 is 0 Å². The lowest BCUT2D eigenvalue weighted by Crippen LogP contribution is -2.48. The van der Waals surface area contributed by atoms with Crippen LogP contribution in [0.5, 0.6) is 0 Å². The number of piperazine rings is 1. The van der Waals surface area contributed by atoms with E-state index in [1.807, 2.05) is 34.5 Å². The number of rotatable bonds is 3. The minimum atomic E-state index is 0.160. The lowest BCUT2D eigenvalue weighted by molar-refractivity contribution is 0.0625. The molecule has 5 heteroatoms. The summed E-state index contributed by atoms with van der Waals surface area (Å²) in [7, 11) is 0. The molecule has 1 aliphatic heterocycles. The maximum Gasteiger partial charge on any atom is 0.264 e. The number of nitrogens with zero attached hydrogens (tertiary/aromatic N) is 2. The molecule has 1 saturated heterocycles. The fraction of sp³-hybridized carbons (Fsp3) is 0.357. The van der Waals surface area contributed by atoms with Gasteiger partial charge in [-0.15, -0.1) is 11.3 Å². The molecule has 0 aliphatic carbocycles. The molecule has 0 radical (unpaired) electrons. The molecule has 0 unspecified atom stereocenters. The Morgan fingerprint density at radius 2 is 2.05 bits per heavy atom. The van der Waals surface area contributed by atoms with Gasteiger partial charge in [0.25, 0.3) is 5.91 Å². The van der Waals surface area contributed by atoms with Crippen LogP contribution in [0.3, 0.4) is 0 Å². The van der Waals surface area contributed by atoms with Crippen molar-refractivity contribution in [1.82, 2.24) is 9.80 Å². The molecule has 0 N–H and O–H groups in total. The van der Waals surface area contributed by atoms with Crippen molar-refractivity contribution in [3.63, 3.8) is 0 Å². The standard InChI is InChI=1S/C14H16N2O2S/c17-14(13-4-2-10-19-13)16-7-5-15(6-8-16)11-12-3-1-9-18-12/h1-4,9-10H,5-8,11H2. The molecule has 3 heterocycles. The van der Waals surface area contributed by atoms with Crippen LogP contribution in [0.15, 0.2) is 40.3 Å². The van der Waals surface area contributed by atoms with Gasteiger partial charge >= 0.3 is 0 Å². The average Bonchev–Trinajstić information content (AvgIpc) is 3.12. The van der Waals surface area contributed by atoms with Crippen LogP contribution >= 0.6 is 11.3 Å². The average molecular weight is 276 g/mol. The molecule has 1 aliphatic rings. The zero-order chi connectivity index (χ0) is 13.1. The number of carbonyl (C=O) groups is 1. The summed E-state index contributed by atoms with van der Waals surface area (Å²) in [6, 6.07) is 7.71. The second kappa shape index (κ2) is 5.59. The molecule has 1 fully saturated rings. The second-order valence-electron chi connectivity index (χ2n) is 4.63. The van der Waals surface area contributed by atoms with E-state index in [0.29, 0.717) is 0 Å². The summed E-state index contributed by atoms with van der Waals surface area (Å²) in [5.41, 5.74) is 0. The minimum Gasteiger partial charge on any atom is -0.468 e. The molecule has 1 amide bonds. The second-order valence-corrected chi connectivity index (χ2v) is 5.57. The third-order valence-corrected chi connectivity index (χ3v) is 4.21. The maximum absolute atomic E-state index is 12.2. The fourth-order valence-corrected chi connectivity index (χ4v) is 2.98. The van der Waals surface area contributed by atoms with E-state index in [-0.39, 0.29) is 5.91 Å². The maximum atomic E-state index is 12.2. The topological polar surface area (TPSA) is 36.7 Å². The molecular formula is C14H16N2O2S. The summed E-state index contributed by atoms with van der Waals surface area (Å²) in [6.07, 6.45) is 1.70. The number of furan rings is 1. The first-order valence-electron chi connectivity index (χ1n) is 6.40. The van der Waals surface area contributed by atoms with Crippen molar-refractivity contribution in [2.24, 2.45) is 0 Å². The van der Waals surface area contributed by atoms with E-state index in [0.717, 1.165) is 43.4 Å². The summed E-state index contributed by atoms with van der Waals surface area (Å²) >= 11 is 1.51. The molecule has 0 spiro atoms. The van der Waals surface area contributed by atoms with Gasteiger partial charge in [0.2, 0.25) is 0 Å². The van der Waals surface area contributed by atoms with Crippen molar-refractivity contribution in [3.05, 3.63) is 46.5 Å². The molecule has 100 valence electrons. The predicted octanol–water partition coefficient (Wildman–Crippen LogP) is 2.30. The van der Waals surface area contributed by atoms with E-state index in [9.17, 15) is 4.79 Å². The van der Waals surface area contributed by atoms with Crippen LogP contribution in [0.1, 0.15) is 15.4 Å². The fourth-order valence-electron chi connectivity index (χ4n) is 2.29. The summed E-state index contributed by atoms with van der Waals surface area (Å²) in [5.74, 6) is 1.14.